The van der Waals surface area contributed by atoms with Gasteiger partial charge in [-0.1, -0.05) is 72.3 Å². The van der Waals surface area contributed by atoms with Crippen LogP contribution in [0.15, 0.2) is 114 Å². The fraction of sp³-hybridized carbons (Fsp3) is 0.0370. The van der Waals surface area contributed by atoms with Gasteiger partial charge in [0.1, 0.15) is 17.7 Å². The van der Waals surface area contributed by atoms with Gasteiger partial charge in [-0.3, -0.25) is 19.0 Å². The van der Waals surface area contributed by atoms with E-state index in [1.165, 1.54) is 0 Å². The number of aromatic nitrogens is 2. The third-order valence-electron chi connectivity index (χ3n) is 5.88. The quantitative estimate of drug-likeness (QED) is 0.302. The molecule has 3 aromatic carbocycles. The SMILES string of the molecule is S=c1n(-c2ccccc2)c2c(n1-c1ccccc1)N1C=CC=CC1=NC2c1ccccc1Cl. The molecule has 4 nitrogen and oxygen atoms in total. The van der Waals surface area contributed by atoms with E-state index in [9.17, 15) is 0 Å². The van der Waals surface area contributed by atoms with E-state index in [0.717, 1.165) is 34.3 Å². The second kappa shape index (κ2) is 8.03. The van der Waals surface area contributed by atoms with Gasteiger partial charge in [0.25, 0.3) is 0 Å². The van der Waals surface area contributed by atoms with Crippen LogP contribution < -0.4 is 4.90 Å². The summed E-state index contributed by atoms with van der Waals surface area (Å²) in [4.78, 5) is 7.25. The van der Waals surface area contributed by atoms with Crippen LogP contribution in [0.25, 0.3) is 11.4 Å². The smallest absolute Gasteiger partial charge is 0.191 e. The first-order valence-electron chi connectivity index (χ1n) is 10.7. The number of rotatable bonds is 3. The van der Waals surface area contributed by atoms with Crippen molar-refractivity contribution in [3.05, 3.63) is 130 Å². The summed E-state index contributed by atoms with van der Waals surface area (Å²) in [5.74, 6) is 1.81. The molecule has 0 aliphatic carbocycles. The van der Waals surface area contributed by atoms with Crippen molar-refractivity contribution in [2.75, 3.05) is 4.90 Å². The first-order chi connectivity index (χ1) is 16.2. The van der Waals surface area contributed by atoms with Crippen LogP contribution in [0.5, 0.6) is 0 Å². The highest BCUT2D eigenvalue weighted by Gasteiger charge is 2.36. The lowest BCUT2D eigenvalue weighted by atomic mass is 10.0. The highest BCUT2D eigenvalue weighted by molar-refractivity contribution is 7.71. The molecule has 2 aliphatic heterocycles. The zero-order chi connectivity index (χ0) is 22.4. The number of hydrogen-bond donors (Lipinski definition) is 0. The molecule has 1 unspecified atom stereocenters. The lowest BCUT2D eigenvalue weighted by Crippen LogP contribution is -2.32. The first kappa shape index (κ1) is 20.0. The fourth-order valence-corrected chi connectivity index (χ4v) is 5.08. The monoisotopic (exact) mass is 466 g/mol. The van der Waals surface area contributed by atoms with E-state index in [0.29, 0.717) is 9.79 Å². The largest absolute Gasteiger partial charge is 0.286 e. The van der Waals surface area contributed by atoms with Crippen LogP contribution >= 0.6 is 23.8 Å². The number of halogens is 1. The van der Waals surface area contributed by atoms with Crippen LogP contribution in [-0.2, 0) is 0 Å². The van der Waals surface area contributed by atoms with Gasteiger partial charge < -0.3 is 0 Å². The Bertz CT molecular complexity index is 1500. The molecule has 0 N–H and O–H groups in total. The van der Waals surface area contributed by atoms with Gasteiger partial charge in [-0.2, -0.15) is 0 Å². The summed E-state index contributed by atoms with van der Waals surface area (Å²) in [5.41, 5.74) is 3.91. The van der Waals surface area contributed by atoms with Crippen LogP contribution in [-0.4, -0.2) is 15.0 Å². The Kier molecular flexibility index (Phi) is 4.86. The number of nitrogens with zero attached hydrogens (tertiary/aromatic N) is 4. The minimum atomic E-state index is -0.317. The number of anilines is 1. The molecule has 6 heteroatoms. The zero-order valence-electron chi connectivity index (χ0n) is 17.5. The van der Waals surface area contributed by atoms with Gasteiger partial charge >= 0.3 is 0 Å². The minimum Gasteiger partial charge on any atom is -0.286 e. The predicted molar refractivity (Wildman–Crippen MR) is 137 cm³/mol. The summed E-state index contributed by atoms with van der Waals surface area (Å²) in [7, 11) is 0. The van der Waals surface area contributed by atoms with Gasteiger partial charge in [0.2, 0.25) is 0 Å². The Labute approximate surface area is 202 Å². The van der Waals surface area contributed by atoms with Crippen molar-refractivity contribution >= 4 is 35.5 Å². The predicted octanol–water partition coefficient (Wildman–Crippen LogP) is 7.04. The average molecular weight is 467 g/mol. The second-order valence-corrected chi connectivity index (χ2v) is 8.59. The summed E-state index contributed by atoms with van der Waals surface area (Å²) in [6.07, 6.45) is 8.06. The van der Waals surface area contributed by atoms with E-state index in [-0.39, 0.29) is 6.04 Å². The van der Waals surface area contributed by atoms with Crippen molar-refractivity contribution < 1.29 is 0 Å². The molecular weight excluding hydrogens is 448 g/mol. The van der Waals surface area contributed by atoms with Crippen LogP contribution in [0.1, 0.15) is 17.3 Å². The lowest BCUT2D eigenvalue weighted by Gasteiger charge is -2.32. The third-order valence-corrected chi connectivity index (χ3v) is 6.59. The number of imidazole rings is 1. The Morgan fingerprint density at radius 2 is 1.39 bits per heavy atom. The van der Waals surface area contributed by atoms with Crippen molar-refractivity contribution in [1.82, 2.24) is 9.13 Å². The third kappa shape index (κ3) is 3.20. The van der Waals surface area contributed by atoms with Crippen molar-refractivity contribution in [3.63, 3.8) is 0 Å². The number of hydrogen-bond acceptors (Lipinski definition) is 3. The molecule has 1 atom stereocenters. The Morgan fingerprint density at radius 3 is 2.09 bits per heavy atom. The maximum absolute atomic E-state index is 6.70. The Balaban J connectivity index is 1.75. The van der Waals surface area contributed by atoms with Gasteiger partial charge in [0.05, 0.1) is 5.69 Å². The Morgan fingerprint density at radius 1 is 0.758 bits per heavy atom. The number of benzene rings is 3. The van der Waals surface area contributed by atoms with Crippen molar-refractivity contribution in [2.45, 2.75) is 6.04 Å². The summed E-state index contributed by atoms with van der Waals surface area (Å²) in [6, 6.07) is 28.0. The molecular formula is C27H19ClN4S. The molecule has 0 spiro atoms. The number of fused-ring (bicyclic) bond motifs is 3. The summed E-state index contributed by atoms with van der Waals surface area (Å²) in [6.45, 7) is 0. The van der Waals surface area contributed by atoms with Crippen LogP contribution in [0.3, 0.4) is 0 Å². The van der Waals surface area contributed by atoms with E-state index in [1.807, 2.05) is 85.1 Å². The maximum Gasteiger partial charge on any atom is 0.191 e. The molecule has 0 saturated carbocycles. The van der Waals surface area contributed by atoms with Gasteiger partial charge in [-0.05, 0) is 54.7 Å². The van der Waals surface area contributed by atoms with E-state index in [1.54, 1.807) is 0 Å². The molecule has 3 heterocycles. The molecule has 0 fully saturated rings. The molecule has 0 bridgehead atoms. The molecule has 2 aliphatic rings. The molecule has 160 valence electrons. The molecule has 33 heavy (non-hydrogen) atoms. The van der Waals surface area contributed by atoms with Crippen molar-refractivity contribution in [3.8, 4) is 11.4 Å². The number of amidine groups is 1. The number of para-hydroxylation sites is 2. The van der Waals surface area contributed by atoms with Crippen molar-refractivity contribution in [2.24, 2.45) is 4.99 Å². The van der Waals surface area contributed by atoms with Crippen LogP contribution in [0.4, 0.5) is 5.82 Å². The number of allylic oxidation sites excluding steroid dienone is 2. The van der Waals surface area contributed by atoms with Crippen LogP contribution in [0.2, 0.25) is 5.02 Å². The van der Waals surface area contributed by atoms with Crippen LogP contribution in [0, 0.1) is 4.77 Å². The van der Waals surface area contributed by atoms with Gasteiger partial charge in [0.15, 0.2) is 4.77 Å². The summed E-state index contributed by atoms with van der Waals surface area (Å²) >= 11 is 12.8. The van der Waals surface area contributed by atoms with Crippen molar-refractivity contribution in [1.29, 1.82) is 0 Å². The van der Waals surface area contributed by atoms with E-state index in [2.05, 4.69) is 38.3 Å². The normalized spacial score (nSPS) is 16.3. The molecule has 0 saturated heterocycles. The lowest BCUT2D eigenvalue weighted by molar-refractivity contribution is 0.777. The van der Waals surface area contributed by atoms with E-state index >= 15 is 0 Å². The molecule has 0 amide bonds. The highest BCUT2D eigenvalue weighted by Crippen LogP contribution is 2.44. The van der Waals surface area contributed by atoms with Gasteiger partial charge in [-0.25, -0.2) is 0 Å². The van der Waals surface area contributed by atoms with E-state index in [4.69, 9.17) is 28.8 Å². The molecule has 1 aromatic heterocycles. The second-order valence-electron chi connectivity index (χ2n) is 7.82. The molecule has 6 rings (SSSR count). The maximum atomic E-state index is 6.70. The fourth-order valence-electron chi connectivity index (χ4n) is 4.45. The summed E-state index contributed by atoms with van der Waals surface area (Å²) in [5, 5.41) is 0.680. The molecule has 0 radical (unpaired) electrons. The standard InChI is InChI=1S/C27H19ClN4S/c28-22-16-8-7-15-21(22)24-25-26(30-18-10-9-17-23(30)29-24)32(20-13-5-2-6-14-20)27(33)31(25)19-11-3-1-4-12-19/h1-18,24H. The average Bonchev–Trinajstić information content (AvgIpc) is 3.18. The zero-order valence-corrected chi connectivity index (χ0v) is 19.1. The minimum absolute atomic E-state index is 0.317. The first-order valence-corrected chi connectivity index (χ1v) is 11.5. The van der Waals surface area contributed by atoms with E-state index < -0.39 is 0 Å². The summed E-state index contributed by atoms with van der Waals surface area (Å²) < 4.78 is 4.92. The highest BCUT2D eigenvalue weighted by atomic mass is 35.5. The molecule has 4 aromatic rings. The van der Waals surface area contributed by atoms with Gasteiger partial charge in [0, 0.05) is 28.2 Å². The van der Waals surface area contributed by atoms with Gasteiger partial charge in [-0.15, -0.1) is 0 Å². The Hall–Kier alpha value is -3.67. The topological polar surface area (TPSA) is 25.5 Å². The number of aliphatic imine (C=N–C) groups is 1.